The minimum Gasteiger partial charge on any atom is -0.368 e. The second-order valence-corrected chi connectivity index (χ2v) is 8.02. The molecule has 0 saturated heterocycles. The summed E-state index contributed by atoms with van der Waals surface area (Å²) in [5, 5.41) is 0. The zero-order valence-electron chi connectivity index (χ0n) is 18.1. The number of rotatable bonds is 3. The number of imidazole rings is 1. The second kappa shape index (κ2) is 9.16. The molecule has 0 aliphatic heterocycles. The number of fused-ring (bicyclic) bond motifs is 1. The number of hydrogen-bond acceptors (Lipinski definition) is 5. The Hall–Kier alpha value is -2.76. The molecule has 0 bridgehead atoms. The van der Waals surface area contributed by atoms with Gasteiger partial charge in [-0.25, -0.2) is 19.9 Å². The van der Waals surface area contributed by atoms with Crippen LogP contribution in [0, 0.1) is 13.8 Å². The molecule has 6 nitrogen and oxygen atoms in total. The SMILES string of the molecule is C1CCCCC1.C=C(c1cnc2nc(C)n(C(C)C)c2c1)c1cnc(N)nc1C. The summed E-state index contributed by atoms with van der Waals surface area (Å²) >= 11 is 0. The van der Waals surface area contributed by atoms with Gasteiger partial charge < -0.3 is 10.3 Å². The molecule has 1 fully saturated rings. The monoisotopic (exact) mass is 392 g/mol. The standard InChI is InChI=1S/C17H20N6.C6H12/c1-9(2)23-12(5)22-16-15(23)6-13(7-19-16)10(3)14-8-20-17(18)21-11(14)4;1-2-4-6-5-3-1/h6-9H,3H2,1-2,4-5H3,(H2,18,20,21);1-6H2. The second-order valence-electron chi connectivity index (χ2n) is 8.02. The van der Waals surface area contributed by atoms with E-state index in [4.69, 9.17) is 5.73 Å². The van der Waals surface area contributed by atoms with Crippen LogP contribution >= 0.6 is 0 Å². The lowest BCUT2D eigenvalue weighted by atomic mass is 10.0. The number of nitrogens with two attached hydrogens (primary N) is 1. The van der Waals surface area contributed by atoms with Crippen LogP contribution < -0.4 is 5.73 Å². The van der Waals surface area contributed by atoms with Crippen molar-refractivity contribution >= 4 is 22.7 Å². The zero-order chi connectivity index (χ0) is 21.0. The molecular weight excluding hydrogens is 360 g/mol. The molecule has 0 unspecified atom stereocenters. The normalized spacial score (nSPS) is 14.0. The molecule has 1 saturated carbocycles. The highest BCUT2D eigenvalue weighted by atomic mass is 15.1. The molecule has 6 heteroatoms. The Bertz CT molecular complexity index is 987. The topological polar surface area (TPSA) is 82.5 Å². The minimum atomic E-state index is 0.265. The van der Waals surface area contributed by atoms with E-state index < -0.39 is 0 Å². The van der Waals surface area contributed by atoms with E-state index in [1.807, 2.05) is 13.8 Å². The Morgan fingerprint density at radius 3 is 2.17 bits per heavy atom. The summed E-state index contributed by atoms with van der Waals surface area (Å²) in [7, 11) is 0. The fraction of sp³-hybridized carbons (Fsp3) is 0.478. The molecule has 3 aromatic heterocycles. The van der Waals surface area contributed by atoms with Gasteiger partial charge in [0.1, 0.15) is 5.82 Å². The third kappa shape index (κ3) is 4.81. The van der Waals surface area contributed by atoms with Gasteiger partial charge in [0.25, 0.3) is 0 Å². The molecule has 29 heavy (non-hydrogen) atoms. The molecule has 2 N–H and O–H groups in total. The average Bonchev–Trinajstić information content (AvgIpc) is 3.04. The van der Waals surface area contributed by atoms with E-state index in [0.717, 1.165) is 39.4 Å². The van der Waals surface area contributed by atoms with Gasteiger partial charge in [0, 0.05) is 29.6 Å². The Labute approximate surface area is 173 Å². The number of aromatic nitrogens is 5. The fourth-order valence-corrected chi connectivity index (χ4v) is 3.91. The van der Waals surface area contributed by atoms with Crippen LogP contribution in [0.25, 0.3) is 16.7 Å². The van der Waals surface area contributed by atoms with Crippen LogP contribution in [0.2, 0.25) is 0 Å². The molecule has 1 aliphatic carbocycles. The van der Waals surface area contributed by atoms with Crippen LogP contribution in [-0.4, -0.2) is 24.5 Å². The molecule has 1 aliphatic rings. The van der Waals surface area contributed by atoms with E-state index in [0.29, 0.717) is 6.04 Å². The molecule has 4 rings (SSSR count). The maximum absolute atomic E-state index is 5.62. The van der Waals surface area contributed by atoms with Crippen LogP contribution in [0.15, 0.2) is 25.0 Å². The first-order valence-corrected chi connectivity index (χ1v) is 10.5. The van der Waals surface area contributed by atoms with Crippen molar-refractivity contribution in [2.24, 2.45) is 0 Å². The van der Waals surface area contributed by atoms with Crippen LogP contribution in [0.5, 0.6) is 0 Å². The summed E-state index contributed by atoms with van der Waals surface area (Å²) in [4.78, 5) is 17.3. The van der Waals surface area contributed by atoms with E-state index in [9.17, 15) is 0 Å². The number of pyridine rings is 1. The highest BCUT2D eigenvalue weighted by Crippen LogP contribution is 2.27. The lowest BCUT2D eigenvalue weighted by Crippen LogP contribution is -2.03. The summed E-state index contributed by atoms with van der Waals surface area (Å²) in [5.41, 5.74) is 10.8. The average molecular weight is 393 g/mol. The molecule has 154 valence electrons. The van der Waals surface area contributed by atoms with E-state index in [-0.39, 0.29) is 5.95 Å². The lowest BCUT2D eigenvalue weighted by molar-refractivity contribution is 0.504. The van der Waals surface area contributed by atoms with Crippen LogP contribution in [0.3, 0.4) is 0 Å². The first-order chi connectivity index (χ1) is 13.9. The number of hydrogen-bond donors (Lipinski definition) is 1. The Balaban J connectivity index is 0.000000343. The van der Waals surface area contributed by atoms with Gasteiger partial charge in [0.05, 0.1) is 11.2 Å². The maximum atomic E-state index is 5.62. The molecule has 3 heterocycles. The van der Waals surface area contributed by atoms with Gasteiger partial charge >= 0.3 is 0 Å². The summed E-state index contributed by atoms with van der Waals surface area (Å²) in [5.74, 6) is 1.22. The van der Waals surface area contributed by atoms with Crippen LogP contribution in [-0.2, 0) is 0 Å². The largest absolute Gasteiger partial charge is 0.368 e. The molecule has 0 radical (unpaired) electrons. The number of nitrogen functional groups attached to an aromatic ring is 1. The molecule has 3 aromatic rings. The van der Waals surface area contributed by atoms with Gasteiger partial charge in [-0.1, -0.05) is 45.1 Å². The predicted octanol–water partition coefficient (Wildman–Crippen LogP) is 5.40. The Morgan fingerprint density at radius 2 is 1.62 bits per heavy atom. The first kappa shape index (κ1) is 21.0. The van der Waals surface area contributed by atoms with Crippen molar-refractivity contribution < 1.29 is 0 Å². The van der Waals surface area contributed by atoms with Crippen molar-refractivity contribution in [3.63, 3.8) is 0 Å². The van der Waals surface area contributed by atoms with Gasteiger partial charge in [-0.2, -0.15) is 0 Å². The quantitative estimate of drug-likeness (QED) is 0.645. The van der Waals surface area contributed by atoms with Crippen molar-refractivity contribution in [3.8, 4) is 0 Å². The summed E-state index contributed by atoms with van der Waals surface area (Å²) in [6.07, 6.45) is 12.5. The summed E-state index contributed by atoms with van der Waals surface area (Å²) < 4.78 is 2.17. The zero-order valence-corrected chi connectivity index (χ0v) is 18.1. The molecular formula is C23H32N6. The van der Waals surface area contributed by atoms with Gasteiger partial charge in [0.2, 0.25) is 5.95 Å². The first-order valence-electron chi connectivity index (χ1n) is 10.5. The molecule has 0 spiro atoms. The fourth-order valence-electron chi connectivity index (χ4n) is 3.91. The minimum absolute atomic E-state index is 0.265. The highest BCUT2D eigenvalue weighted by molar-refractivity contribution is 5.84. The van der Waals surface area contributed by atoms with Crippen molar-refractivity contribution in [1.82, 2.24) is 24.5 Å². The number of aryl methyl sites for hydroxylation is 2. The van der Waals surface area contributed by atoms with Crippen LogP contribution in [0.4, 0.5) is 5.95 Å². The molecule has 0 atom stereocenters. The van der Waals surface area contributed by atoms with E-state index in [1.54, 1.807) is 12.4 Å². The maximum Gasteiger partial charge on any atom is 0.220 e. The van der Waals surface area contributed by atoms with Gasteiger partial charge in [-0.15, -0.1) is 0 Å². The molecule has 0 aromatic carbocycles. The van der Waals surface area contributed by atoms with Crippen LogP contribution in [0.1, 0.15) is 81.1 Å². The van der Waals surface area contributed by atoms with Crippen molar-refractivity contribution in [1.29, 1.82) is 0 Å². The predicted molar refractivity (Wildman–Crippen MR) is 120 cm³/mol. The smallest absolute Gasteiger partial charge is 0.220 e. The van der Waals surface area contributed by atoms with E-state index in [2.05, 4.69) is 51.0 Å². The third-order valence-corrected chi connectivity index (χ3v) is 5.41. The van der Waals surface area contributed by atoms with E-state index >= 15 is 0 Å². The van der Waals surface area contributed by atoms with E-state index in [1.165, 1.54) is 38.5 Å². The Kier molecular flexibility index (Phi) is 6.62. The lowest BCUT2D eigenvalue weighted by Gasteiger charge is -2.12. The van der Waals surface area contributed by atoms with Gasteiger partial charge in [-0.3, -0.25) is 0 Å². The number of anilines is 1. The van der Waals surface area contributed by atoms with Crippen molar-refractivity contribution in [2.45, 2.75) is 72.3 Å². The van der Waals surface area contributed by atoms with Crippen molar-refractivity contribution in [3.05, 3.63) is 47.7 Å². The summed E-state index contributed by atoms with van der Waals surface area (Å²) in [6.45, 7) is 12.3. The summed E-state index contributed by atoms with van der Waals surface area (Å²) in [6, 6.07) is 2.38. The van der Waals surface area contributed by atoms with Gasteiger partial charge in [0.15, 0.2) is 5.65 Å². The third-order valence-electron chi connectivity index (χ3n) is 5.41. The number of nitrogens with zero attached hydrogens (tertiary/aromatic N) is 5. The van der Waals surface area contributed by atoms with Crippen molar-refractivity contribution in [2.75, 3.05) is 5.73 Å². The Morgan fingerprint density at radius 1 is 1.00 bits per heavy atom. The molecule has 0 amide bonds. The van der Waals surface area contributed by atoms with Gasteiger partial charge in [-0.05, 0) is 39.3 Å². The highest BCUT2D eigenvalue weighted by Gasteiger charge is 2.14.